The first-order valence-corrected chi connectivity index (χ1v) is 18.8. The lowest BCUT2D eigenvalue weighted by Crippen LogP contribution is -2.20. The summed E-state index contributed by atoms with van der Waals surface area (Å²) in [5.41, 5.74) is 10.1. The van der Waals surface area contributed by atoms with Crippen molar-refractivity contribution < 1.29 is 4.42 Å². The molecule has 0 spiro atoms. The molecule has 11 rings (SSSR count). The summed E-state index contributed by atoms with van der Waals surface area (Å²) in [6.07, 6.45) is 6.47. The van der Waals surface area contributed by atoms with Gasteiger partial charge in [0, 0.05) is 38.7 Å². The predicted octanol–water partition coefficient (Wildman–Crippen LogP) is 14.8. The molecule has 1 aliphatic carbocycles. The molecular weight excluding hydrogens is 655 g/mol. The first-order valence-electron chi connectivity index (χ1n) is 18.8. The molecule has 1 heterocycles. The van der Waals surface area contributed by atoms with Gasteiger partial charge in [-0.1, -0.05) is 158 Å². The zero-order chi connectivity index (χ0) is 35.6. The number of hydrogen-bond donors (Lipinski definition) is 0. The molecule has 0 bridgehead atoms. The summed E-state index contributed by atoms with van der Waals surface area (Å²) in [5, 5.41) is 12.1. The fourth-order valence-corrected chi connectivity index (χ4v) is 8.77. The molecule has 254 valence electrons. The maximum atomic E-state index is 6.84. The van der Waals surface area contributed by atoms with Crippen molar-refractivity contribution in [3.05, 3.63) is 199 Å². The average molecular weight is 690 g/mol. The Morgan fingerprint density at radius 1 is 0.444 bits per heavy atom. The summed E-state index contributed by atoms with van der Waals surface area (Å²) in [5.74, 6) is 0. The topological polar surface area (TPSA) is 16.4 Å². The van der Waals surface area contributed by atoms with E-state index in [0.29, 0.717) is 0 Å². The third kappa shape index (κ3) is 4.88. The molecule has 0 N–H and O–H groups in total. The molecule has 0 saturated heterocycles. The lowest BCUT2D eigenvalue weighted by Gasteiger charge is -2.33. The van der Waals surface area contributed by atoms with Gasteiger partial charge >= 0.3 is 0 Å². The first kappa shape index (κ1) is 30.7. The zero-order valence-corrected chi connectivity index (χ0v) is 29.7. The highest BCUT2D eigenvalue weighted by Crippen LogP contribution is 2.46. The molecular formula is C52H35NO. The largest absolute Gasteiger partial charge is 0.455 e. The van der Waals surface area contributed by atoms with E-state index < -0.39 is 0 Å². The van der Waals surface area contributed by atoms with E-state index in [4.69, 9.17) is 4.42 Å². The Hall–Kier alpha value is -6.90. The second-order valence-electron chi connectivity index (χ2n) is 14.4. The van der Waals surface area contributed by atoms with Crippen LogP contribution in [0.15, 0.2) is 198 Å². The lowest BCUT2D eigenvalue weighted by molar-refractivity contribution is 0.668. The van der Waals surface area contributed by atoms with E-state index in [1.54, 1.807) is 0 Å². The molecule has 2 nitrogen and oxygen atoms in total. The Labute approximate surface area is 313 Å². The van der Waals surface area contributed by atoms with Gasteiger partial charge in [0.25, 0.3) is 0 Å². The fraction of sp³-hybridized carbons (Fsp3) is 0.0385. The SMILES string of the molecule is C1=CC(c2cccc3c2oc2cc4ccccc4cc23)=C(N(c2cccc(-c3cccc4ccccc34)c2)c2cc3ccccc3c3ccccc23)CC1. The van der Waals surface area contributed by atoms with Crippen molar-refractivity contribution in [2.75, 3.05) is 4.90 Å². The summed E-state index contributed by atoms with van der Waals surface area (Å²) in [6.45, 7) is 0. The van der Waals surface area contributed by atoms with Crippen molar-refractivity contribution in [3.8, 4) is 11.1 Å². The van der Waals surface area contributed by atoms with E-state index in [1.165, 1.54) is 71.2 Å². The maximum Gasteiger partial charge on any atom is 0.143 e. The molecule has 9 aromatic carbocycles. The zero-order valence-electron chi connectivity index (χ0n) is 29.7. The average Bonchev–Trinajstić information content (AvgIpc) is 3.60. The van der Waals surface area contributed by atoms with Gasteiger partial charge in [-0.2, -0.15) is 0 Å². The van der Waals surface area contributed by atoms with Gasteiger partial charge in [-0.05, 0) is 92.0 Å². The molecule has 0 amide bonds. The summed E-state index contributed by atoms with van der Waals surface area (Å²) < 4.78 is 6.84. The Balaban J connectivity index is 1.20. The third-order valence-electron chi connectivity index (χ3n) is 11.3. The van der Waals surface area contributed by atoms with Crippen LogP contribution in [0.25, 0.3) is 81.7 Å². The molecule has 0 atom stereocenters. The van der Waals surface area contributed by atoms with Crippen molar-refractivity contribution in [2.24, 2.45) is 0 Å². The standard InChI is InChI=1S/C52H35NO/c1-2-16-36-33-51-48(31-35(36)15-1)47-28-13-27-46(52(47)54-51)45-25-9-10-29-49(45)53(50-32-38-17-4-6-22-42(38)43-23-7-8-24-44(43)50)39-20-11-19-37(30-39)41-26-12-18-34-14-3-5-21-40(34)41/h1-9,11-28,30-33H,10,29H2. The van der Waals surface area contributed by atoms with Crippen molar-refractivity contribution in [1.29, 1.82) is 0 Å². The Morgan fingerprint density at radius 2 is 1.09 bits per heavy atom. The van der Waals surface area contributed by atoms with E-state index >= 15 is 0 Å². The number of anilines is 2. The van der Waals surface area contributed by atoms with Gasteiger partial charge in [-0.15, -0.1) is 0 Å². The Morgan fingerprint density at radius 3 is 1.96 bits per heavy atom. The summed E-state index contributed by atoms with van der Waals surface area (Å²) in [6, 6.07) is 64.1. The number of para-hydroxylation sites is 1. The van der Waals surface area contributed by atoms with Crippen LogP contribution >= 0.6 is 0 Å². The van der Waals surface area contributed by atoms with Crippen molar-refractivity contribution in [2.45, 2.75) is 12.8 Å². The monoisotopic (exact) mass is 689 g/mol. The highest BCUT2D eigenvalue weighted by atomic mass is 16.3. The van der Waals surface area contributed by atoms with Crippen LogP contribution in [0.5, 0.6) is 0 Å². The number of fused-ring (bicyclic) bond motifs is 8. The Bertz CT molecular complexity index is 3170. The van der Waals surface area contributed by atoms with Gasteiger partial charge in [0.2, 0.25) is 0 Å². The van der Waals surface area contributed by atoms with Gasteiger partial charge in [0.1, 0.15) is 11.2 Å². The molecule has 10 aromatic rings. The van der Waals surface area contributed by atoms with E-state index in [0.717, 1.165) is 46.0 Å². The van der Waals surface area contributed by atoms with Crippen LogP contribution in [0.2, 0.25) is 0 Å². The Kier molecular flexibility index (Phi) is 7.03. The first-order chi connectivity index (χ1) is 26.8. The van der Waals surface area contributed by atoms with Crippen LogP contribution in [-0.4, -0.2) is 0 Å². The van der Waals surface area contributed by atoms with Crippen LogP contribution < -0.4 is 4.90 Å². The van der Waals surface area contributed by atoms with Crippen LogP contribution in [0.3, 0.4) is 0 Å². The van der Waals surface area contributed by atoms with Crippen LogP contribution in [0, 0.1) is 0 Å². The molecule has 1 aromatic heterocycles. The minimum Gasteiger partial charge on any atom is -0.455 e. The van der Waals surface area contributed by atoms with Crippen molar-refractivity contribution in [3.63, 3.8) is 0 Å². The molecule has 0 aliphatic heterocycles. The molecule has 0 radical (unpaired) electrons. The number of rotatable bonds is 5. The fourth-order valence-electron chi connectivity index (χ4n) is 8.77. The third-order valence-corrected chi connectivity index (χ3v) is 11.3. The maximum absolute atomic E-state index is 6.84. The minimum atomic E-state index is 0.881. The molecule has 1 aliphatic rings. The van der Waals surface area contributed by atoms with Crippen molar-refractivity contribution in [1.82, 2.24) is 0 Å². The van der Waals surface area contributed by atoms with E-state index in [9.17, 15) is 0 Å². The van der Waals surface area contributed by atoms with Crippen LogP contribution in [-0.2, 0) is 0 Å². The van der Waals surface area contributed by atoms with Crippen molar-refractivity contribution >= 4 is 82.0 Å². The van der Waals surface area contributed by atoms with Crippen LogP contribution in [0.1, 0.15) is 18.4 Å². The second kappa shape index (κ2) is 12.4. The quantitative estimate of drug-likeness (QED) is 0.167. The number of hydrogen-bond acceptors (Lipinski definition) is 2. The molecule has 0 fully saturated rings. The number of allylic oxidation sites excluding steroid dienone is 4. The number of furan rings is 1. The highest BCUT2D eigenvalue weighted by molar-refractivity contribution is 6.16. The van der Waals surface area contributed by atoms with E-state index in [1.807, 2.05) is 0 Å². The number of nitrogens with zero attached hydrogens (tertiary/aromatic N) is 1. The van der Waals surface area contributed by atoms with Gasteiger partial charge in [0.05, 0.1) is 5.69 Å². The summed E-state index contributed by atoms with van der Waals surface area (Å²) in [7, 11) is 0. The molecule has 54 heavy (non-hydrogen) atoms. The van der Waals surface area contributed by atoms with Gasteiger partial charge in [-0.3, -0.25) is 0 Å². The summed E-state index contributed by atoms with van der Waals surface area (Å²) >= 11 is 0. The van der Waals surface area contributed by atoms with Gasteiger partial charge in [-0.25, -0.2) is 0 Å². The molecule has 0 unspecified atom stereocenters. The normalized spacial score (nSPS) is 13.3. The number of benzene rings is 9. The summed E-state index contributed by atoms with van der Waals surface area (Å²) in [4.78, 5) is 2.54. The van der Waals surface area contributed by atoms with Gasteiger partial charge < -0.3 is 9.32 Å². The predicted molar refractivity (Wildman–Crippen MR) is 229 cm³/mol. The minimum absolute atomic E-state index is 0.881. The van der Waals surface area contributed by atoms with Gasteiger partial charge in [0.15, 0.2) is 0 Å². The molecule has 2 heteroatoms. The molecule has 0 saturated carbocycles. The van der Waals surface area contributed by atoms with Crippen LogP contribution in [0.4, 0.5) is 11.4 Å². The lowest BCUT2D eigenvalue weighted by atomic mass is 9.92. The highest BCUT2D eigenvalue weighted by Gasteiger charge is 2.25. The smallest absolute Gasteiger partial charge is 0.143 e. The van der Waals surface area contributed by atoms with E-state index in [2.05, 4.69) is 193 Å². The second-order valence-corrected chi connectivity index (χ2v) is 14.4. The van der Waals surface area contributed by atoms with E-state index in [-0.39, 0.29) is 0 Å².